The maximum Gasteiger partial charge on any atom is 0.223 e. The minimum atomic E-state index is 0. The van der Waals surface area contributed by atoms with Crippen LogP contribution in [-0.2, 0) is 17.8 Å². The van der Waals surface area contributed by atoms with Gasteiger partial charge in [-0.1, -0.05) is 42.5 Å². The summed E-state index contributed by atoms with van der Waals surface area (Å²) in [7, 11) is 3.45. The summed E-state index contributed by atoms with van der Waals surface area (Å²) in [6.07, 6.45) is 1.49. The number of hydrogen-bond donors (Lipinski definition) is 2. The van der Waals surface area contributed by atoms with Gasteiger partial charge in [0, 0.05) is 45.6 Å². The van der Waals surface area contributed by atoms with Gasteiger partial charge >= 0.3 is 0 Å². The number of carbonyl (C=O) groups is 1. The lowest BCUT2D eigenvalue weighted by molar-refractivity contribution is -0.127. The summed E-state index contributed by atoms with van der Waals surface area (Å²) in [5.41, 5.74) is 3.55. The smallest absolute Gasteiger partial charge is 0.223 e. The second-order valence-corrected chi connectivity index (χ2v) is 7.76. The molecule has 0 aromatic heterocycles. The van der Waals surface area contributed by atoms with Crippen molar-refractivity contribution >= 4 is 35.8 Å². The summed E-state index contributed by atoms with van der Waals surface area (Å²) in [6, 6.07) is 16.5. The number of carbonyl (C=O) groups excluding carboxylic acids is 1. The van der Waals surface area contributed by atoms with E-state index in [0.717, 1.165) is 43.3 Å². The lowest BCUT2D eigenvalue weighted by atomic mass is 10.1. The summed E-state index contributed by atoms with van der Waals surface area (Å²) in [5.74, 6) is 2.19. The standard InChI is InChI=1S/C24H32N4O2.HI/c1-18-13-20(9-10-22(18)30-3)15-26-24(25-2)27-16-21-14-23(29)28(17-21)12-11-19-7-5-4-6-8-19;/h4-10,13,21H,11-12,14-17H2,1-3H3,(H2,25,26,27);1H. The summed E-state index contributed by atoms with van der Waals surface area (Å²) < 4.78 is 5.31. The molecule has 1 aliphatic heterocycles. The molecular weight excluding hydrogens is 503 g/mol. The molecular formula is C24H33IN4O2. The number of rotatable bonds is 8. The minimum absolute atomic E-state index is 0. The molecule has 1 amide bonds. The molecule has 1 fully saturated rings. The van der Waals surface area contributed by atoms with Crippen LogP contribution in [0.2, 0.25) is 0 Å². The number of nitrogens with one attached hydrogen (secondary N) is 2. The quantitative estimate of drug-likeness (QED) is 0.309. The number of methoxy groups -OCH3 is 1. The molecule has 7 heteroatoms. The van der Waals surface area contributed by atoms with Crippen molar-refractivity contribution in [3.8, 4) is 5.75 Å². The number of guanidine groups is 1. The second-order valence-electron chi connectivity index (χ2n) is 7.76. The van der Waals surface area contributed by atoms with Crippen LogP contribution in [0.5, 0.6) is 5.75 Å². The van der Waals surface area contributed by atoms with Gasteiger partial charge < -0.3 is 20.3 Å². The molecule has 2 aromatic rings. The fourth-order valence-corrected chi connectivity index (χ4v) is 3.81. The van der Waals surface area contributed by atoms with E-state index >= 15 is 0 Å². The molecule has 31 heavy (non-hydrogen) atoms. The highest BCUT2D eigenvalue weighted by molar-refractivity contribution is 14.0. The van der Waals surface area contributed by atoms with E-state index in [4.69, 9.17) is 4.74 Å². The Morgan fingerprint density at radius 2 is 1.94 bits per heavy atom. The fraction of sp³-hybridized carbons (Fsp3) is 0.417. The van der Waals surface area contributed by atoms with Crippen molar-refractivity contribution < 1.29 is 9.53 Å². The molecule has 168 valence electrons. The van der Waals surface area contributed by atoms with E-state index in [-0.39, 0.29) is 29.9 Å². The SMILES string of the molecule is CN=C(NCc1ccc(OC)c(C)c1)NCC1CC(=O)N(CCc2ccccc2)C1.I. The third kappa shape index (κ3) is 7.41. The van der Waals surface area contributed by atoms with Crippen LogP contribution in [0, 0.1) is 12.8 Å². The number of halogens is 1. The Balaban J connectivity index is 0.00000341. The number of amides is 1. The topological polar surface area (TPSA) is 66.0 Å². The maximum absolute atomic E-state index is 12.4. The van der Waals surface area contributed by atoms with Crippen LogP contribution in [-0.4, -0.2) is 50.6 Å². The van der Waals surface area contributed by atoms with Gasteiger partial charge in [0.05, 0.1) is 7.11 Å². The Labute approximate surface area is 202 Å². The monoisotopic (exact) mass is 536 g/mol. The third-order valence-electron chi connectivity index (χ3n) is 5.51. The van der Waals surface area contributed by atoms with Gasteiger partial charge in [-0.3, -0.25) is 9.79 Å². The van der Waals surface area contributed by atoms with E-state index in [1.165, 1.54) is 11.1 Å². The van der Waals surface area contributed by atoms with Gasteiger partial charge in [0.15, 0.2) is 5.96 Å². The van der Waals surface area contributed by atoms with E-state index in [1.54, 1.807) is 14.2 Å². The molecule has 0 spiro atoms. The summed E-state index contributed by atoms with van der Waals surface area (Å²) >= 11 is 0. The zero-order valence-corrected chi connectivity index (χ0v) is 20.9. The zero-order chi connectivity index (χ0) is 21.3. The molecule has 0 aliphatic carbocycles. The van der Waals surface area contributed by atoms with Crippen LogP contribution in [0.15, 0.2) is 53.5 Å². The van der Waals surface area contributed by atoms with Crippen LogP contribution in [0.4, 0.5) is 0 Å². The van der Waals surface area contributed by atoms with Crippen molar-refractivity contribution in [1.82, 2.24) is 15.5 Å². The zero-order valence-electron chi connectivity index (χ0n) is 18.6. The maximum atomic E-state index is 12.4. The number of likely N-dealkylation sites (tertiary alicyclic amines) is 1. The minimum Gasteiger partial charge on any atom is -0.496 e. The second kappa shape index (κ2) is 12.5. The first-order valence-corrected chi connectivity index (χ1v) is 10.5. The van der Waals surface area contributed by atoms with Crippen molar-refractivity contribution in [2.24, 2.45) is 10.9 Å². The Hall–Kier alpha value is -2.29. The van der Waals surface area contributed by atoms with Crippen molar-refractivity contribution in [3.05, 3.63) is 65.2 Å². The summed E-state index contributed by atoms with van der Waals surface area (Å²) in [4.78, 5) is 18.6. The average Bonchev–Trinajstić information content (AvgIpc) is 3.12. The van der Waals surface area contributed by atoms with Crippen LogP contribution >= 0.6 is 24.0 Å². The highest BCUT2D eigenvalue weighted by Crippen LogP contribution is 2.19. The lowest BCUT2D eigenvalue weighted by Gasteiger charge is -2.18. The predicted molar refractivity (Wildman–Crippen MR) is 136 cm³/mol. The summed E-state index contributed by atoms with van der Waals surface area (Å²) in [5, 5.41) is 6.71. The van der Waals surface area contributed by atoms with E-state index < -0.39 is 0 Å². The average molecular weight is 536 g/mol. The molecule has 0 saturated carbocycles. The van der Waals surface area contributed by atoms with Crippen molar-refractivity contribution in [3.63, 3.8) is 0 Å². The molecule has 2 N–H and O–H groups in total. The molecule has 1 unspecified atom stereocenters. The molecule has 1 atom stereocenters. The molecule has 1 saturated heterocycles. The highest BCUT2D eigenvalue weighted by atomic mass is 127. The molecule has 0 radical (unpaired) electrons. The van der Waals surface area contributed by atoms with Crippen LogP contribution in [0.1, 0.15) is 23.1 Å². The number of benzene rings is 2. The first kappa shape index (κ1) is 25.0. The Bertz CT molecular complexity index is 873. The lowest BCUT2D eigenvalue weighted by Crippen LogP contribution is -2.40. The Kier molecular flexibility index (Phi) is 10.1. The van der Waals surface area contributed by atoms with Gasteiger partial charge in [-0.25, -0.2) is 0 Å². The molecule has 0 bridgehead atoms. The number of aryl methyl sites for hydroxylation is 1. The number of ether oxygens (including phenoxy) is 1. The van der Waals surface area contributed by atoms with Crippen LogP contribution < -0.4 is 15.4 Å². The first-order chi connectivity index (χ1) is 14.6. The molecule has 1 aliphatic rings. The largest absolute Gasteiger partial charge is 0.496 e. The van der Waals surface area contributed by atoms with Gasteiger partial charge in [0.25, 0.3) is 0 Å². The predicted octanol–water partition coefficient (Wildman–Crippen LogP) is 3.38. The van der Waals surface area contributed by atoms with E-state index in [9.17, 15) is 4.79 Å². The number of hydrogen-bond acceptors (Lipinski definition) is 3. The molecule has 3 rings (SSSR count). The van der Waals surface area contributed by atoms with Crippen molar-refractivity contribution in [1.29, 1.82) is 0 Å². The third-order valence-corrected chi connectivity index (χ3v) is 5.51. The molecule has 2 aromatic carbocycles. The van der Waals surface area contributed by atoms with E-state index in [0.29, 0.717) is 18.9 Å². The van der Waals surface area contributed by atoms with Crippen molar-refractivity contribution in [2.45, 2.75) is 26.3 Å². The highest BCUT2D eigenvalue weighted by Gasteiger charge is 2.29. The number of nitrogens with zero attached hydrogens (tertiary/aromatic N) is 2. The molecule has 1 heterocycles. The van der Waals surface area contributed by atoms with Crippen molar-refractivity contribution in [2.75, 3.05) is 33.8 Å². The van der Waals surface area contributed by atoms with Gasteiger partial charge in [-0.2, -0.15) is 0 Å². The Morgan fingerprint density at radius 3 is 2.61 bits per heavy atom. The number of aliphatic imine (C=N–C) groups is 1. The summed E-state index contributed by atoms with van der Waals surface area (Å²) in [6.45, 7) is 5.03. The van der Waals surface area contributed by atoms with E-state index in [2.05, 4.69) is 33.8 Å². The van der Waals surface area contributed by atoms with E-state index in [1.807, 2.05) is 42.2 Å². The molecule has 6 nitrogen and oxygen atoms in total. The Morgan fingerprint density at radius 1 is 1.16 bits per heavy atom. The van der Waals surface area contributed by atoms with Gasteiger partial charge in [0.2, 0.25) is 5.91 Å². The van der Waals surface area contributed by atoms with Crippen LogP contribution in [0.25, 0.3) is 0 Å². The normalized spacial score (nSPS) is 16.1. The van der Waals surface area contributed by atoms with Gasteiger partial charge in [-0.05, 0) is 36.1 Å². The van der Waals surface area contributed by atoms with Crippen LogP contribution in [0.3, 0.4) is 0 Å². The van der Waals surface area contributed by atoms with Gasteiger partial charge in [-0.15, -0.1) is 24.0 Å². The van der Waals surface area contributed by atoms with Gasteiger partial charge in [0.1, 0.15) is 5.75 Å². The fourth-order valence-electron chi connectivity index (χ4n) is 3.81. The first-order valence-electron chi connectivity index (χ1n) is 10.5.